The molecule has 0 unspecified atom stereocenters. The normalized spacial score (nSPS) is 12.4. The minimum Gasteiger partial charge on any atom is -0.545 e. The van der Waals surface area contributed by atoms with Crippen molar-refractivity contribution in [2.45, 2.75) is 59.8 Å². The van der Waals surface area contributed by atoms with Gasteiger partial charge in [0.05, 0.1) is 11.9 Å². The molecule has 0 amide bonds. The van der Waals surface area contributed by atoms with E-state index in [1.807, 2.05) is 6.07 Å². The van der Waals surface area contributed by atoms with Crippen LogP contribution in [0, 0.1) is 0 Å². The lowest BCUT2D eigenvalue weighted by Gasteiger charge is -2.28. The van der Waals surface area contributed by atoms with Gasteiger partial charge in [-0.05, 0) is 111 Å². The van der Waals surface area contributed by atoms with Crippen LogP contribution in [0.25, 0.3) is 0 Å². The number of carboxylic acids is 2. The SMILES string of the molecule is CCN(CC)CCCc1cc2c(c(CCCN(CC)CC)c1C(=O)[O-])Cc1cc(C(=O)[O-])ccc1O2. The highest BCUT2D eigenvalue weighted by Gasteiger charge is 2.25. The smallest absolute Gasteiger partial charge is 0.131 e. The van der Waals surface area contributed by atoms with E-state index in [1.165, 1.54) is 6.07 Å². The van der Waals surface area contributed by atoms with Crippen LogP contribution in [-0.2, 0) is 19.3 Å². The first-order valence-corrected chi connectivity index (χ1v) is 13.2. The molecule has 2 aromatic carbocycles. The molecule has 1 heterocycles. The number of hydrogen-bond donors (Lipinski definition) is 0. The summed E-state index contributed by atoms with van der Waals surface area (Å²) in [5, 5.41) is 23.9. The second kappa shape index (κ2) is 12.9. The average molecular weight is 495 g/mol. The van der Waals surface area contributed by atoms with E-state index in [0.717, 1.165) is 68.8 Å². The minimum absolute atomic E-state index is 0.0806. The molecule has 3 rings (SSSR count). The van der Waals surface area contributed by atoms with Crippen molar-refractivity contribution >= 4 is 11.9 Å². The second-order valence-electron chi connectivity index (χ2n) is 9.30. The third-order valence-electron chi connectivity index (χ3n) is 7.29. The number of carbonyl (C=O) groups excluding carboxylic acids is 2. The molecular formula is C29H38N2O5-2. The maximum absolute atomic E-state index is 12.5. The number of nitrogens with zero attached hydrogens (tertiary/aromatic N) is 2. The Balaban J connectivity index is 2.00. The number of rotatable bonds is 14. The lowest BCUT2D eigenvalue weighted by Crippen LogP contribution is -2.29. The number of carbonyl (C=O) groups is 2. The zero-order valence-corrected chi connectivity index (χ0v) is 22.0. The maximum atomic E-state index is 12.5. The summed E-state index contributed by atoms with van der Waals surface area (Å²) in [5.74, 6) is -1.16. The van der Waals surface area contributed by atoms with Gasteiger partial charge in [0.2, 0.25) is 0 Å². The molecule has 0 bridgehead atoms. The van der Waals surface area contributed by atoms with Crippen LogP contribution in [0.2, 0.25) is 0 Å². The zero-order chi connectivity index (χ0) is 26.2. The molecule has 0 aliphatic carbocycles. The predicted octanol–water partition coefficient (Wildman–Crippen LogP) is 2.66. The molecule has 0 saturated heterocycles. The van der Waals surface area contributed by atoms with Gasteiger partial charge in [-0.15, -0.1) is 0 Å². The van der Waals surface area contributed by atoms with Crippen molar-refractivity contribution < 1.29 is 24.5 Å². The lowest BCUT2D eigenvalue weighted by atomic mass is 9.86. The molecule has 0 N–H and O–H groups in total. The number of ether oxygens (including phenoxy) is 1. The quantitative estimate of drug-likeness (QED) is 0.340. The largest absolute Gasteiger partial charge is 0.545 e. The van der Waals surface area contributed by atoms with E-state index >= 15 is 0 Å². The van der Waals surface area contributed by atoms with Crippen molar-refractivity contribution in [3.8, 4) is 11.5 Å². The van der Waals surface area contributed by atoms with Crippen LogP contribution in [-0.4, -0.2) is 61.0 Å². The second-order valence-corrected chi connectivity index (χ2v) is 9.30. The Bertz CT molecular complexity index is 1070. The summed E-state index contributed by atoms with van der Waals surface area (Å²) in [6.07, 6.45) is 3.27. The van der Waals surface area contributed by atoms with Gasteiger partial charge < -0.3 is 34.3 Å². The van der Waals surface area contributed by atoms with Crippen molar-refractivity contribution in [3.63, 3.8) is 0 Å². The number of aryl methyl sites for hydroxylation is 1. The van der Waals surface area contributed by atoms with Crippen LogP contribution >= 0.6 is 0 Å². The molecule has 36 heavy (non-hydrogen) atoms. The Hall–Kier alpha value is -2.90. The first kappa shape index (κ1) is 27.7. The molecule has 196 valence electrons. The lowest BCUT2D eigenvalue weighted by molar-refractivity contribution is -0.256. The van der Waals surface area contributed by atoms with Gasteiger partial charge in [0, 0.05) is 17.5 Å². The average Bonchev–Trinajstić information content (AvgIpc) is 2.87. The molecule has 7 heteroatoms. The third-order valence-corrected chi connectivity index (χ3v) is 7.29. The Kier molecular flexibility index (Phi) is 9.90. The summed E-state index contributed by atoms with van der Waals surface area (Å²) >= 11 is 0. The third kappa shape index (κ3) is 6.45. The highest BCUT2D eigenvalue weighted by atomic mass is 16.5. The summed E-state index contributed by atoms with van der Waals surface area (Å²) in [5.41, 5.74) is 3.38. The summed E-state index contributed by atoms with van der Waals surface area (Å²) in [6.45, 7) is 14.0. The van der Waals surface area contributed by atoms with E-state index in [9.17, 15) is 19.8 Å². The Morgan fingerprint density at radius 3 is 2.00 bits per heavy atom. The summed E-state index contributed by atoms with van der Waals surface area (Å²) < 4.78 is 6.22. The predicted molar refractivity (Wildman–Crippen MR) is 137 cm³/mol. The molecule has 2 aromatic rings. The summed E-state index contributed by atoms with van der Waals surface area (Å²) in [4.78, 5) is 28.5. The van der Waals surface area contributed by atoms with Gasteiger partial charge in [-0.2, -0.15) is 0 Å². The zero-order valence-electron chi connectivity index (χ0n) is 22.0. The summed E-state index contributed by atoms with van der Waals surface area (Å²) in [7, 11) is 0. The van der Waals surface area contributed by atoms with Gasteiger partial charge >= 0.3 is 0 Å². The minimum atomic E-state index is -1.25. The van der Waals surface area contributed by atoms with Crippen LogP contribution in [0.3, 0.4) is 0 Å². The maximum Gasteiger partial charge on any atom is 0.131 e. The molecule has 0 fully saturated rings. The fourth-order valence-corrected chi connectivity index (χ4v) is 5.13. The van der Waals surface area contributed by atoms with Crippen molar-refractivity contribution in [1.82, 2.24) is 9.80 Å². The van der Waals surface area contributed by atoms with Crippen LogP contribution in [0.5, 0.6) is 11.5 Å². The van der Waals surface area contributed by atoms with Gasteiger partial charge in [-0.1, -0.05) is 27.7 Å². The number of fused-ring (bicyclic) bond motifs is 2. The molecule has 0 saturated carbocycles. The molecule has 0 radical (unpaired) electrons. The van der Waals surface area contributed by atoms with Gasteiger partial charge in [-0.3, -0.25) is 0 Å². The van der Waals surface area contributed by atoms with Crippen molar-refractivity contribution in [2.75, 3.05) is 39.3 Å². The van der Waals surface area contributed by atoms with E-state index < -0.39 is 11.9 Å². The van der Waals surface area contributed by atoms with E-state index in [4.69, 9.17) is 4.74 Å². The van der Waals surface area contributed by atoms with Crippen LogP contribution in [0.4, 0.5) is 0 Å². The molecule has 0 atom stereocenters. The van der Waals surface area contributed by atoms with Crippen molar-refractivity contribution in [1.29, 1.82) is 0 Å². The van der Waals surface area contributed by atoms with Crippen LogP contribution in [0.1, 0.15) is 83.5 Å². The fourth-order valence-electron chi connectivity index (χ4n) is 5.13. The Labute approximate surface area is 214 Å². The van der Waals surface area contributed by atoms with E-state index in [1.54, 1.807) is 12.1 Å². The Morgan fingerprint density at radius 2 is 1.44 bits per heavy atom. The fraction of sp³-hybridized carbons (Fsp3) is 0.517. The molecule has 7 nitrogen and oxygen atoms in total. The first-order chi connectivity index (χ1) is 17.3. The van der Waals surface area contributed by atoms with Gasteiger partial charge in [0.25, 0.3) is 0 Å². The van der Waals surface area contributed by atoms with E-state index in [-0.39, 0.29) is 11.1 Å². The first-order valence-electron chi connectivity index (χ1n) is 13.2. The van der Waals surface area contributed by atoms with Gasteiger partial charge in [-0.25, -0.2) is 0 Å². The monoisotopic (exact) mass is 494 g/mol. The van der Waals surface area contributed by atoms with Gasteiger partial charge in [0.15, 0.2) is 0 Å². The molecular weight excluding hydrogens is 456 g/mol. The molecule has 1 aliphatic rings. The summed E-state index contributed by atoms with van der Waals surface area (Å²) in [6, 6.07) is 6.54. The Morgan fingerprint density at radius 1 is 0.833 bits per heavy atom. The molecule has 0 aromatic heterocycles. The van der Waals surface area contributed by atoms with Crippen molar-refractivity contribution in [2.24, 2.45) is 0 Å². The topological polar surface area (TPSA) is 96.0 Å². The highest BCUT2D eigenvalue weighted by Crippen LogP contribution is 2.41. The number of aromatic carboxylic acids is 2. The molecule has 0 spiro atoms. The standard InChI is InChI=1S/C29H40N2O5/c1-5-30(6-2)15-9-11-20-19-26-24(18-22-17-21(28(32)33)13-14-25(22)36-26)23(27(20)29(34)35)12-10-16-31(7-3)8-4/h13-14,17,19H,5-12,15-16,18H2,1-4H3,(H,32,33)(H,34,35)/p-2. The van der Waals surface area contributed by atoms with E-state index in [2.05, 4.69) is 37.5 Å². The van der Waals surface area contributed by atoms with Crippen LogP contribution < -0.4 is 14.9 Å². The number of benzene rings is 2. The van der Waals surface area contributed by atoms with E-state index in [0.29, 0.717) is 36.3 Å². The van der Waals surface area contributed by atoms with Crippen molar-refractivity contribution in [3.05, 3.63) is 57.6 Å². The van der Waals surface area contributed by atoms with Gasteiger partial charge in [0.1, 0.15) is 11.5 Å². The number of carboxylic acid groups (broad SMARTS) is 2. The number of hydrogen-bond acceptors (Lipinski definition) is 7. The molecule has 1 aliphatic heterocycles. The highest BCUT2D eigenvalue weighted by molar-refractivity contribution is 5.91. The van der Waals surface area contributed by atoms with Crippen LogP contribution in [0.15, 0.2) is 24.3 Å².